The van der Waals surface area contributed by atoms with Gasteiger partial charge < -0.3 is 5.32 Å². The number of amides is 3. The predicted molar refractivity (Wildman–Crippen MR) is 110 cm³/mol. The number of benzene rings is 2. The Morgan fingerprint density at radius 2 is 1.60 bits per heavy atom. The molecule has 30 heavy (non-hydrogen) atoms. The average molecular weight is 407 g/mol. The summed E-state index contributed by atoms with van der Waals surface area (Å²) in [4.78, 5) is 48.6. The Hall–Kier alpha value is -4.01. The summed E-state index contributed by atoms with van der Waals surface area (Å²) in [5, 5.41) is 7.36. The Labute approximate surface area is 172 Å². The third-order valence-corrected chi connectivity index (χ3v) is 4.37. The fraction of sp³-hybridized carbons (Fsp3) is 0.190. The third-order valence-electron chi connectivity index (χ3n) is 4.37. The lowest BCUT2D eigenvalue weighted by Crippen LogP contribution is -2.51. The molecular formula is C21H21N5O4. The minimum atomic E-state index is -0.834. The van der Waals surface area contributed by atoms with Crippen molar-refractivity contribution in [2.75, 3.05) is 0 Å². The van der Waals surface area contributed by atoms with Crippen molar-refractivity contribution in [2.45, 2.75) is 26.4 Å². The molecule has 154 valence electrons. The Morgan fingerprint density at radius 3 is 2.27 bits per heavy atom. The number of hydrazine groups is 1. The summed E-state index contributed by atoms with van der Waals surface area (Å²) in [5.74, 6) is -1.65. The second-order valence-electron chi connectivity index (χ2n) is 6.71. The molecule has 0 aliphatic heterocycles. The molecule has 0 aliphatic carbocycles. The maximum Gasteiger partial charge on any atom is 0.290 e. The standard InChI is InChI=1S/C21H21N5O4/c1-13(22-14(2)27)19(28)23-24-20(29)18-16-10-6-7-11-17(16)21(30)26(25-18)12-15-8-4-3-5-9-15/h3-11,13H,12H2,1-2H3,(H,22,27)(H,23,28)(H,24,29)/t13-/m0/s1. The van der Waals surface area contributed by atoms with Crippen molar-refractivity contribution in [1.29, 1.82) is 0 Å². The lowest BCUT2D eigenvalue weighted by atomic mass is 10.1. The van der Waals surface area contributed by atoms with Gasteiger partial charge in [-0.1, -0.05) is 48.5 Å². The van der Waals surface area contributed by atoms with Gasteiger partial charge in [0, 0.05) is 12.3 Å². The molecule has 2 aromatic carbocycles. The van der Waals surface area contributed by atoms with Crippen molar-refractivity contribution in [2.24, 2.45) is 0 Å². The third kappa shape index (κ3) is 4.69. The highest BCUT2D eigenvalue weighted by atomic mass is 16.2. The molecule has 1 heterocycles. The maximum absolute atomic E-state index is 12.8. The summed E-state index contributed by atoms with van der Waals surface area (Å²) in [6.07, 6.45) is 0. The normalized spacial score (nSPS) is 11.5. The van der Waals surface area contributed by atoms with Gasteiger partial charge in [-0.2, -0.15) is 5.10 Å². The molecular weight excluding hydrogens is 386 g/mol. The van der Waals surface area contributed by atoms with E-state index in [2.05, 4.69) is 21.3 Å². The van der Waals surface area contributed by atoms with Gasteiger partial charge in [0.25, 0.3) is 17.4 Å². The van der Waals surface area contributed by atoms with E-state index in [1.54, 1.807) is 24.3 Å². The van der Waals surface area contributed by atoms with E-state index in [0.29, 0.717) is 10.8 Å². The van der Waals surface area contributed by atoms with Gasteiger partial charge in [0.2, 0.25) is 5.91 Å². The molecule has 3 aromatic rings. The number of nitrogens with zero attached hydrogens (tertiary/aromatic N) is 2. The Bertz CT molecular complexity index is 1160. The van der Waals surface area contributed by atoms with Crippen molar-refractivity contribution < 1.29 is 14.4 Å². The van der Waals surface area contributed by atoms with Crippen LogP contribution < -0.4 is 21.7 Å². The molecule has 0 bridgehead atoms. The molecule has 3 N–H and O–H groups in total. The second kappa shape index (κ2) is 8.99. The molecule has 0 aliphatic rings. The summed E-state index contributed by atoms with van der Waals surface area (Å²) in [7, 11) is 0. The van der Waals surface area contributed by atoms with E-state index in [-0.39, 0.29) is 23.7 Å². The van der Waals surface area contributed by atoms with Crippen LogP contribution in [0.1, 0.15) is 29.9 Å². The monoisotopic (exact) mass is 407 g/mol. The fourth-order valence-corrected chi connectivity index (χ4v) is 2.92. The summed E-state index contributed by atoms with van der Waals surface area (Å²) in [6.45, 7) is 2.96. The van der Waals surface area contributed by atoms with Crippen molar-refractivity contribution in [3.63, 3.8) is 0 Å². The first-order chi connectivity index (χ1) is 14.4. The summed E-state index contributed by atoms with van der Waals surface area (Å²) < 4.78 is 1.22. The minimum absolute atomic E-state index is 0.00592. The lowest BCUT2D eigenvalue weighted by molar-refractivity contribution is -0.128. The van der Waals surface area contributed by atoms with E-state index in [0.717, 1.165) is 5.56 Å². The van der Waals surface area contributed by atoms with Gasteiger partial charge in [0.15, 0.2) is 5.69 Å². The van der Waals surface area contributed by atoms with Gasteiger partial charge in [-0.3, -0.25) is 30.0 Å². The molecule has 0 unspecified atom stereocenters. The number of carbonyl (C=O) groups excluding carboxylic acids is 3. The van der Waals surface area contributed by atoms with Crippen LogP contribution in [-0.2, 0) is 16.1 Å². The number of nitrogens with one attached hydrogen (secondary N) is 3. The largest absolute Gasteiger partial charge is 0.345 e. The minimum Gasteiger partial charge on any atom is -0.345 e. The number of carbonyl (C=O) groups is 3. The van der Waals surface area contributed by atoms with Crippen LogP contribution in [0.5, 0.6) is 0 Å². The van der Waals surface area contributed by atoms with Crippen LogP contribution >= 0.6 is 0 Å². The number of fused-ring (bicyclic) bond motifs is 1. The summed E-state index contributed by atoms with van der Waals surface area (Å²) >= 11 is 0. The van der Waals surface area contributed by atoms with E-state index < -0.39 is 17.9 Å². The Balaban J connectivity index is 1.89. The van der Waals surface area contributed by atoms with Crippen LogP contribution in [-0.4, -0.2) is 33.5 Å². The van der Waals surface area contributed by atoms with Gasteiger partial charge in [-0.15, -0.1) is 0 Å². The molecule has 0 radical (unpaired) electrons. The molecule has 1 aromatic heterocycles. The van der Waals surface area contributed by atoms with Gasteiger partial charge >= 0.3 is 0 Å². The first-order valence-corrected chi connectivity index (χ1v) is 9.28. The van der Waals surface area contributed by atoms with Crippen LogP contribution in [0.2, 0.25) is 0 Å². The van der Waals surface area contributed by atoms with Crippen LogP contribution in [0.4, 0.5) is 0 Å². The Morgan fingerprint density at radius 1 is 0.967 bits per heavy atom. The highest BCUT2D eigenvalue weighted by molar-refractivity contribution is 6.05. The molecule has 9 nitrogen and oxygen atoms in total. The number of aromatic nitrogens is 2. The van der Waals surface area contributed by atoms with Crippen LogP contribution in [0, 0.1) is 0 Å². The molecule has 0 saturated carbocycles. The van der Waals surface area contributed by atoms with Crippen molar-refractivity contribution in [1.82, 2.24) is 25.9 Å². The topological polar surface area (TPSA) is 122 Å². The maximum atomic E-state index is 12.8. The van der Waals surface area contributed by atoms with E-state index in [9.17, 15) is 19.2 Å². The van der Waals surface area contributed by atoms with Crippen molar-refractivity contribution in [3.05, 3.63) is 76.2 Å². The predicted octanol–water partition coefficient (Wildman–Crippen LogP) is 0.730. The number of hydrogen-bond donors (Lipinski definition) is 3. The first kappa shape index (κ1) is 20.7. The SMILES string of the molecule is CC(=O)N[C@@H](C)C(=O)NNC(=O)c1nn(Cc2ccccc2)c(=O)c2ccccc12. The zero-order valence-corrected chi connectivity index (χ0v) is 16.5. The average Bonchev–Trinajstić information content (AvgIpc) is 2.74. The highest BCUT2D eigenvalue weighted by Gasteiger charge is 2.19. The summed E-state index contributed by atoms with van der Waals surface area (Å²) in [6, 6.07) is 15.1. The van der Waals surface area contributed by atoms with Gasteiger partial charge in [0.1, 0.15) is 6.04 Å². The molecule has 0 fully saturated rings. The van der Waals surface area contributed by atoms with E-state index in [1.165, 1.54) is 18.5 Å². The van der Waals surface area contributed by atoms with E-state index in [4.69, 9.17) is 0 Å². The van der Waals surface area contributed by atoms with Gasteiger partial charge in [-0.25, -0.2) is 4.68 Å². The van der Waals surface area contributed by atoms with Gasteiger partial charge in [0.05, 0.1) is 11.9 Å². The van der Waals surface area contributed by atoms with Crippen LogP contribution in [0.3, 0.4) is 0 Å². The van der Waals surface area contributed by atoms with Crippen molar-refractivity contribution in [3.8, 4) is 0 Å². The van der Waals surface area contributed by atoms with Gasteiger partial charge in [-0.05, 0) is 18.6 Å². The number of rotatable bonds is 5. The van der Waals surface area contributed by atoms with E-state index >= 15 is 0 Å². The number of hydrogen-bond acceptors (Lipinski definition) is 5. The molecule has 0 saturated heterocycles. The highest BCUT2D eigenvalue weighted by Crippen LogP contribution is 2.13. The van der Waals surface area contributed by atoms with E-state index in [1.807, 2.05) is 30.3 Å². The zero-order chi connectivity index (χ0) is 21.7. The fourth-order valence-electron chi connectivity index (χ4n) is 2.92. The summed E-state index contributed by atoms with van der Waals surface area (Å²) in [5.41, 5.74) is 5.06. The lowest BCUT2D eigenvalue weighted by Gasteiger charge is -2.14. The van der Waals surface area contributed by atoms with Crippen LogP contribution in [0.25, 0.3) is 10.8 Å². The molecule has 3 rings (SSSR count). The Kier molecular flexibility index (Phi) is 6.21. The molecule has 9 heteroatoms. The molecule has 0 spiro atoms. The first-order valence-electron chi connectivity index (χ1n) is 9.28. The zero-order valence-electron chi connectivity index (χ0n) is 16.5. The van der Waals surface area contributed by atoms with Crippen molar-refractivity contribution >= 4 is 28.5 Å². The smallest absolute Gasteiger partial charge is 0.290 e. The second-order valence-corrected chi connectivity index (χ2v) is 6.71. The molecule has 3 amide bonds. The molecule has 1 atom stereocenters. The quantitative estimate of drug-likeness (QED) is 0.538. The van der Waals surface area contributed by atoms with Crippen LogP contribution in [0.15, 0.2) is 59.4 Å².